The summed E-state index contributed by atoms with van der Waals surface area (Å²) in [4.78, 5) is 17.3. The molecule has 1 aromatic carbocycles. The SMILES string of the molecule is N=S(=O)(CC1CC1)c1ccc(C(=O)N[C@@]2(N)C#CC3(CC(N)(c4nc5cc(Cl)ccc5o4)C3)C2)o1. The molecule has 0 radical (unpaired) electrons. The standard InChI is InChI=1S/C24H24ClN5O4S/c25-15-3-4-17-16(9-15)29-21(34-17)23(26)11-22(12-23)7-8-24(27,13-22)30-20(31)18-5-6-19(33-18)35(28,32)10-14-1-2-14/h3-6,9,14,28H,1-2,10-13,26-27H2,(H,30,31)/t22?,23?,24-,35?/m0/s1. The number of hydrogen-bond donors (Lipinski definition) is 4. The summed E-state index contributed by atoms with van der Waals surface area (Å²) in [5.41, 5.74) is 11.7. The predicted octanol–water partition coefficient (Wildman–Crippen LogP) is 3.32. The zero-order chi connectivity index (χ0) is 24.6. The highest BCUT2D eigenvalue weighted by molar-refractivity contribution is 7.92. The fourth-order valence-electron chi connectivity index (χ4n) is 5.16. The van der Waals surface area contributed by atoms with E-state index in [1.165, 1.54) is 12.1 Å². The number of aromatic nitrogens is 1. The Morgan fingerprint density at radius 3 is 2.71 bits per heavy atom. The van der Waals surface area contributed by atoms with E-state index in [0.717, 1.165) is 12.8 Å². The normalized spacial score (nSPS) is 31.1. The van der Waals surface area contributed by atoms with E-state index in [1.54, 1.807) is 18.2 Å². The molecule has 0 saturated heterocycles. The zero-order valence-electron chi connectivity index (χ0n) is 18.7. The third kappa shape index (κ3) is 4.02. The number of oxazole rings is 1. The monoisotopic (exact) mass is 513 g/mol. The number of amides is 1. The van der Waals surface area contributed by atoms with Crippen molar-refractivity contribution in [1.82, 2.24) is 10.3 Å². The first-order valence-electron chi connectivity index (χ1n) is 11.3. The third-order valence-electron chi connectivity index (χ3n) is 6.89. The molecule has 2 saturated carbocycles. The minimum atomic E-state index is -3.06. The van der Waals surface area contributed by atoms with Crippen molar-refractivity contribution in [2.24, 2.45) is 22.8 Å². The van der Waals surface area contributed by atoms with Gasteiger partial charge in [-0.15, -0.1) is 0 Å². The average Bonchev–Trinajstić information content (AvgIpc) is 3.16. The van der Waals surface area contributed by atoms with Gasteiger partial charge < -0.3 is 19.9 Å². The van der Waals surface area contributed by atoms with Gasteiger partial charge in [0.1, 0.15) is 15.2 Å². The molecule has 1 spiro atoms. The molecule has 3 aromatic rings. The van der Waals surface area contributed by atoms with Crippen LogP contribution in [0.4, 0.5) is 0 Å². The Bertz CT molecular complexity index is 1540. The molecule has 9 nitrogen and oxygen atoms in total. The number of fused-ring (bicyclic) bond motifs is 1. The van der Waals surface area contributed by atoms with Gasteiger partial charge in [-0.2, -0.15) is 0 Å². The highest BCUT2D eigenvalue weighted by Gasteiger charge is 2.59. The van der Waals surface area contributed by atoms with Crippen molar-refractivity contribution in [3.63, 3.8) is 0 Å². The molecule has 6 N–H and O–H groups in total. The second kappa shape index (κ2) is 7.34. The highest BCUT2D eigenvalue weighted by atomic mass is 35.5. The molecular formula is C24H24ClN5O4S. The molecule has 2 aromatic heterocycles. The van der Waals surface area contributed by atoms with Gasteiger partial charge in [-0.05, 0) is 61.9 Å². The van der Waals surface area contributed by atoms with E-state index in [0.29, 0.717) is 47.2 Å². The Hall–Kier alpha value is -2.84. The van der Waals surface area contributed by atoms with E-state index in [1.807, 2.05) is 0 Å². The summed E-state index contributed by atoms with van der Waals surface area (Å²) >= 11 is 6.04. The van der Waals surface area contributed by atoms with Gasteiger partial charge in [-0.25, -0.2) is 14.0 Å². The van der Waals surface area contributed by atoms with Crippen LogP contribution in [-0.4, -0.2) is 26.5 Å². The highest BCUT2D eigenvalue weighted by Crippen LogP contribution is 2.57. The summed E-state index contributed by atoms with van der Waals surface area (Å²) in [5.74, 6) is 6.49. The number of nitrogens with one attached hydrogen (secondary N) is 2. The zero-order valence-corrected chi connectivity index (χ0v) is 20.3. The van der Waals surface area contributed by atoms with Crippen molar-refractivity contribution in [2.75, 3.05) is 5.75 Å². The molecule has 6 rings (SSSR count). The van der Waals surface area contributed by atoms with Crippen molar-refractivity contribution in [2.45, 2.75) is 48.4 Å². The minimum absolute atomic E-state index is 0.0149. The van der Waals surface area contributed by atoms with Gasteiger partial charge in [-0.1, -0.05) is 23.4 Å². The molecule has 1 unspecified atom stereocenters. The predicted molar refractivity (Wildman–Crippen MR) is 129 cm³/mol. The van der Waals surface area contributed by atoms with Crippen LogP contribution in [0.25, 0.3) is 11.1 Å². The Morgan fingerprint density at radius 2 is 1.97 bits per heavy atom. The van der Waals surface area contributed by atoms with E-state index >= 15 is 0 Å². The molecule has 35 heavy (non-hydrogen) atoms. The molecule has 0 aliphatic heterocycles. The quantitative estimate of drug-likeness (QED) is 0.290. The summed E-state index contributed by atoms with van der Waals surface area (Å²) in [6, 6.07) is 8.06. The molecule has 1 amide bonds. The molecule has 0 bridgehead atoms. The van der Waals surface area contributed by atoms with Gasteiger partial charge in [-0.3, -0.25) is 10.5 Å². The molecule has 3 aliphatic rings. The van der Waals surface area contributed by atoms with Gasteiger partial charge in [0.25, 0.3) is 5.91 Å². The van der Waals surface area contributed by atoms with Crippen LogP contribution in [0.3, 0.4) is 0 Å². The maximum atomic E-state index is 12.8. The lowest BCUT2D eigenvalue weighted by atomic mass is 9.57. The molecule has 2 heterocycles. The maximum absolute atomic E-state index is 12.8. The van der Waals surface area contributed by atoms with Crippen LogP contribution in [0.2, 0.25) is 5.02 Å². The van der Waals surface area contributed by atoms with E-state index in [2.05, 4.69) is 22.1 Å². The second-order valence-electron chi connectivity index (χ2n) is 10.2. The number of benzene rings is 1. The lowest BCUT2D eigenvalue weighted by molar-refractivity contribution is 0.0408. The van der Waals surface area contributed by atoms with E-state index in [9.17, 15) is 9.00 Å². The van der Waals surface area contributed by atoms with Crippen LogP contribution >= 0.6 is 11.6 Å². The lowest BCUT2D eigenvalue weighted by Gasteiger charge is -2.49. The van der Waals surface area contributed by atoms with Crippen LogP contribution in [0.5, 0.6) is 0 Å². The fraction of sp³-hybridized carbons (Fsp3) is 0.417. The van der Waals surface area contributed by atoms with Crippen molar-refractivity contribution in [3.8, 4) is 11.8 Å². The molecule has 2 atom stereocenters. The number of nitrogens with two attached hydrogens (primary N) is 2. The molecular weight excluding hydrogens is 490 g/mol. The summed E-state index contributed by atoms with van der Waals surface area (Å²) in [7, 11) is -3.06. The number of rotatable bonds is 6. The van der Waals surface area contributed by atoms with Gasteiger partial charge in [0, 0.05) is 22.6 Å². The Balaban J connectivity index is 1.12. The van der Waals surface area contributed by atoms with Gasteiger partial charge in [0.05, 0.1) is 5.54 Å². The van der Waals surface area contributed by atoms with Crippen LogP contribution in [0, 0.1) is 28.0 Å². The number of nitrogens with zero attached hydrogens (tertiary/aromatic N) is 1. The summed E-state index contributed by atoms with van der Waals surface area (Å²) < 4.78 is 32.1. The average molecular weight is 514 g/mol. The van der Waals surface area contributed by atoms with Crippen LogP contribution in [0.15, 0.2) is 44.3 Å². The summed E-state index contributed by atoms with van der Waals surface area (Å²) in [6.45, 7) is 0. The van der Waals surface area contributed by atoms with Gasteiger partial charge in [0.15, 0.2) is 22.1 Å². The van der Waals surface area contributed by atoms with Gasteiger partial charge >= 0.3 is 0 Å². The van der Waals surface area contributed by atoms with Crippen molar-refractivity contribution < 1.29 is 17.8 Å². The number of carbonyl (C=O) groups is 1. The molecule has 2 fully saturated rings. The molecule has 11 heteroatoms. The third-order valence-corrected chi connectivity index (χ3v) is 8.93. The van der Waals surface area contributed by atoms with Crippen molar-refractivity contribution in [1.29, 1.82) is 4.78 Å². The smallest absolute Gasteiger partial charge is 0.289 e. The Morgan fingerprint density at radius 1 is 1.20 bits per heavy atom. The maximum Gasteiger partial charge on any atom is 0.289 e. The van der Waals surface area contributed by atoms with Crippen molar-refractivity contribution in [3.05, 3.63) is 47.0 Å². The minimum Gasteiger partial charge on any atom is -0.441 e. The fourth-order valence-corrected chi connectivity index (χ4v) is 7.00. The first-order chi connectivity index (χ1) is 16.5. The Kier molecular flexibility index (Phi) is 4.74. The van der Waals surface area contributed by atoms with Crippen LogP contribution in [0.1, 0.15) is 48.5 Å². The summed E-state index contributed by atoms with van der Waals surface area (Å²) in [5, 5.41) is 3.31. The van der Waals surface area contributed by atoms with E-state index in [4.69, 9.17) is 36.7 Å². The number of furan rings is 1. The van der Waals surface area contributed by atoms with Gasteiger partial charge in [0.2, 0.25) is 5.89 Å². The Labute approximate surface area is 206 Å². The van der Waals surface area contributed by atoms with Crippen LogP contribution < -0.4 is 16.8 Å². The number of hydrogen-bond acceptors (Lipinski definition) is 8. The second-order valence-corrected chi connectivity index (χ2v) is 12.7. The first kappa shape index (κ1) is 22.6. The first-order valence-corrected chi connectivity index (χ1v) is 13.4. The van der Waals surface area contributed by atoms with Crippen LogP contribution in [-0.2, 0) is 15.3 Å². The molecule has 3 aliphatic carbocycles. The van der Waals surface area contributed by atoms with E-state index < -0.39 is 32.3 Å². The lowest BCUT2D eigenvalue weighted by Crippen LogP contribution is -2.60. The molecule has 182 valence electrons. The topological polar surface area (TPSA) is 161 Å². The largest absolute Gasteiger partial charge is 0.441 e. The van der Waals surface area contributed by atoms with Crippen molar-refractivity contribution >= 4 is 38.3 Å². The number of halogens is 1. The van der Waals surface area contributed by atoms with E-state index in [-0.39, 0.29) is 16.6 Å². The summed E-state index contributed by atoms with van der Waals surface area (Å²) in [6.07, 6.45) is 3.27. The number of carbonyl (C=O) groups excluding carboxylic acids is 1.